The third-order valence-corrected chi connectivity index (χ3v) is 4.72. The van der Waals surface area contributed by atoms with Gasteiger partial charge in [0, 0.05) is 11.8 Å². The first kappa shape index (κ1) is 21.4. The molecular weight excluding hydrogens is 411 g/mol. The molecule has 0 aliphatic carbocycles. The number of ether oxygens (including phenoxy) is 1. The van der Waals surface area contributed by atoms with Gasteiger partial charge in [0.05, 0.1) is 6.21 Å². The number of thioether (sulfide) groups is 1. The normalized spacial score (nSPS) is 11.8. The van der Waals surface area contributed by atoms with Crippen LogP contribution in [0.15, 0.2) is 76.9 Å². The molecule has 3 aromatic rings. The number of halogens is 3. The van der Waals surface area contributed by atoms with E-state index in [1.165, 1.54) is 30.1 Å². The molecule has 0 spiro atoms. The first-order valence-electron chi connectivity index (χ1n) is 8.90. The van der Waals surface area contributed by atoms with Gasteiger partial charge in [-0.05, 0) is 47.0 Å². The Morgan fingerprint density at radius 1 is 0.933 bits per heavy atom. The lowest BCUT2D eigenvalue weighted by molar-refractivity contribution is 0.289. The SMILES string of the molecule is NC(=NN=Cc1ccc(OCc2cc(F)cc(F)c2)c(F)c1)SCc1ccccc1. The van der Waals surface area contributed by atoms with E-state index in [9.17, 15) is 13.2 Å². The molecule has 0 aromatic heterocycles. The smallest absolute Gasteiger partial charge is 0.180 e. The molecule has 0 radical (unpaired) electrons. The average Bonchev–Trinajstić information content (AvgIpc) is 2.72. The highest BCUT2D eigenvalue weighted by atomic mass is 32.2. The van der Waals surface area contributed by atoms with Crippen molar-refractivity contribution < 1.29 is 17.9 Å². The highest BCUT2D eigenvalue weighted by Gasteiger charge is 2.06. The van der Waals surface area contributed by atoms with E-state index >= 15 is 0 Å². The number of benzene rings is 3. The molecule has 2 N–H and O–H groups in total. The molecule has 0 saturated heterocycles. The van der Waals surface area contributed by atoms with Crippen LogP contribution < -0.4 is 10.5 Å². The third-order valence-electron chi connectivity index (χ3n) is 3.87. The zero-order valence-electron chi connectivity index (χ0n) is 15.8. The lowest BCUT2D eigenvalue weighted by atomic mass is 10.2. The Morgan fingerprint density at radius 2 is 1.67 bits per heavy atom. The minimum absolute atomic E-state index is 0.0433. The van der Waals surface area contributed by atoms with Crippen LogP contribution >= 0.6 is 11.8 Å². The van der Waals surface area contributed by atoms with Crippen LogP contribution in [0.2, 0.25) is 0 Å². The fraction of sp³-hybridized carbons (Fsp3) is 0.0909. The monoisotopic (exact) mass is 429 g/mol. The highest BCUT2D eigenvalue weighted by molar-refractivity contribution is 8.13. The van der Waals surface area contributed by atoms with Crippen LogP contribution in [0, 0.1) is 17.5 Å². The summed E-state index contributed by atoms with van der Waals surface area (Å²) in [7, 11) is 0. The van der Waals surface area contributed by atoms with E-state index in [4.69, 9.17) is 10.5 Å². The van der Waals surface area contributed by atoms with Crippen LogP contribution in [0.1, 0.15) is 16.7 Å². The Labute approximate surface area is 176 Å². The minimum Gasteiger partial charge on any atom is -0.486 e. The molecule has 0 amide bonds. The summed E-state index contributed by atoms with van der Waals surface area (Å²) in [5, 5.41) is 8.03. The predicted octanol–water partition coefficient (Wildman–Crippen LogP) is 5.26. The van der Waals surface area contributed by atoms with Gasteiger partial charge < -0.3 is 10.5 Å². The average molecular weight is 429 g/mol. The summed E-state index contributed by atoms with van der Waals surface area (Å²) in [6.45, 7) is -0.168. The Morgan fingerprint density at radius 3 is 2.37 bits per heavy atom. The van der Waals surface area contributed by atoms with Crippen molar-refractivity contribution in [1.82, 2.24) is 0 Å². The molecule has 0 aliphatic rings. The van der Waals surface area contributed by atoms with E-state index in [2.05, 4.69) is 10.2 Å². The summed E-state index contributed by atoms with van der Waals surface area (Å²) in [4.78, 5) is 0. The zero-order valence-corrected chi connectivity index (χ0v) is 16.6. The number of nitrogens with two attached hydrogens (primary N) is 1. The van der Waals surface area contributed by atoms with Gasteiger partial charge >= 0.3 is 0 Å². The lowest BCUT2D eigenvalue weighted by Crippen LogP contribution is -2.06. The second-order valence-corrected chi connectivity index (χ2v) is 7.21. The van der Waals surface area contributed by atoms with Gasteiger partial charge in [-0.1, -0.05) is 42.1 Å². The molecule has 0 heterocycles. The van der Waals surface area contributed by atoms with Gasteiger partial charge in [0.15, 0.2) is 16.7 Å². The molecule has 0 aliphatic heterocycles. The quantitative estimate of drug-likeness (QED) is 0.316. The summed E-state index contributed by atoms with van der Waals surface area (Å²) in [6, 6.07) is 17.0. The maximum absolute atomic E-state index is 14.2. The summed E-state index contributed by atoms with van der Waals surface area (Å²) < 4.78 is 45.9. The topological polar surface area (TPSA) is 60.0 Å². The summed E-state index contributed by atoms with van der Waals surface area (Å²) in [5.41, 5.74) is 7.64. The van der Waals surface area contributed by atoms with Crippen molar-refractivity contribution in [3.63, 3.8) is 0 Å². The molecule has 154 valence electrons. The Balaban J connectivity index is 1.55. The molecule has 0 unspecified atom stereocenters. The van der Waals surface area contributed by atoms with Gasteiger partial charge in [-0.2, -0.15) is 5.10 Å². The van der Waals surface area contributed by atoms with Crippen LogP contribution in [0.25, 0.3) is 0 Å². The van der Waals surface area contributed by atoms with Gasteiger partial charge in [0.25, 0.3) is 0 Å². The maximum Gasteiger partial charge on any atom is 0.180 e. The van der Waals surface area contributed by atoms with E-state index in [1.54, 1.807) is 6.07 Å². The zero-order chi connectivity index (χ0) is 21.3. The highest BCUT2D eigenvalue weighted by Crippen LogP contribution is 2.20. The minimum atomic E-state index is -0.720. The van der Waals surface area contributed by atoms with Gasteiger partial charge in [0.1, 0.15) is 18.2 Å². The third kappa shape index (κ3) is 6.66. The number of amidine groups is 1. The van der Waals surface area contributed by atoms with E-state index in [-0.39, 0.29) is 23.1 Å². The van der Waals surface area contributed by atoms with Crippen LogP contribution in [0.5, 0.6) is 5.75 Å². The summed E-state index contributed by atoms with van der Waals surface area (Å²) >= 11 is 1.34. The molecule has 0 saturated carbocycles. The van der Waals surface area contributed by atoms with Crippen molar-refractivity contribution in [2.45, 2.75) is 12.4 Å². The standard InChI is InChI=1S/C22H18F3N3OS/c23-18-8-17(9-19(24)11-18)13-29-21-7-6-16(10-20(21)25)12-27-28-22(26)30-14-15-4-2-1-3-5-15/h1-12H,13-14H2,(H2,26,28). The molecule has 0 bridgehead atoms. The van der Waals surface area contributed by atoms with Crippen LogP contribution in [-0.2, 0) is 12.4 Å². The van der Waals surface area contributed by atoms with E-state index < -0.39 is 17.5 Å². The van der Waals surface area contributed by atoms with E-state index in [1.807, 2.05) is 30.3 Å². The van der Waals surface area contributed by atoms with Gasteiger partial charge in [-0.15, -0.1) is 5.10 Å². The first-order chi connectivity index (χ1) is 14.5. The van der Waals surface area contributed by atoms with Crippen LogP contribution in [-0.4, -0.2) is 11.4 Å². The van der Waals surface area contributed by atoms with Gasteiger partial charge in [0.2, 0.25) is 0 Å². The summed E-state index contributed by atoms with van der Waals surface area (Å²) in [6.07, 6.45) is 1.37. The van der Waals surface area contributed by atoms with E-state index in [0.29, 0.717) is 11.3 Å². The van der Waals surface area contributed by atoms with Crippen molar-refractivity contribution in [2.24, 2.45) is 15.9 Å². The second kappa shape index (κ2) is 10.5. The van der Waals surface area contributed by atoms with Crippen molar-refractivity contribution in [2.75, 3.05) is 0 Å². The predicted molar refractivity (Wildman–Crippen MR) is 114 cm³/mol. The van der Waals surface area contributed by atoms with Crippen molar-refractivity contribution >= 4 is 23.1 Å². The largest absolute Gasteiger partial charge is 0.486 e. The van der Waals surface area contributed by atoms with Gasteiger partial charge in [-0.3, -0.25) is 0 Å². The molecule has 30 heavy (non-hydrogen) atoms. The van der Waals surface area contributed by atoms with Crippen LogP contribution in [0.4, 0.5) is 13.2 Å². The second-order valence-electron chi connectivity index (χ2n) is 6.21. The molecular formula is C22H18F3N3OS. The van der Waals surface area contributed by atoms with Crippen LogP contribution in [0.3, 0.4) is 0 Å². The fourth-order valence-electron chi connectivity index (χ4n) is 2.48. The molecule has 0 atom stereocenters. The molecule has 4 nitrogen and oxygen atoms in total. The lowest BCUT2D eigenvalue weighted by Gasteiger charge is -2.08. The molecule has 3 rings (SSSR count). The van der Waals surface area contributed by atoms with Crippen molar-refractivity contribution in [3.8, 4) is 5.75 Å². The fourth-order valence-corrected chi connectivity index (χ4v) is 3.09. The number of nitrogens with zero attached hydrogens (tertiary/aromatic N) is 2. The number of hydrogen-bond donors (Lipinski definition) is 1. The number of hydrogen-bond acceptors (Lipinski definition) is 4. The Kier molecular flexibility index (Phi) is 7.51. The first-order valence-corrected chi connectivity index (χ1v) is 9.89. The molecule has 3 aromatic carbocycles. The van der Waals surface area contributed by atoms with E-state index in [0.717, 1.165) is 23.8 Å². The van der Waals surface area contributed by atoms with Crippen molar-refractivity contribution in [1.29, 1.82) is 0 Å². The van der Waals surface area contributed by atoms with Gasteiger partial charge in [-0.25, -0.2) is 13.2 Å². The Hall–Kier alpha value is -3.26. The molecule has 8 heteroatoms. The number of rotatable bonds is 7. The summed E-state index contributed by atoms with van der Waals surface area (Å²) in [5.74, 6) is -1.45. The Bertz CT molecular complexity index is 1040. The maximum atomic E-state index is 14.2. The van der Waals surface area contributed by atoms with Crippen molar-refractivity contribution in [3.05, 3.63) is 101 Å². The molecule has 0 fully saturated rings.